The molecule has 3 nitrogen and oxygen atoms in total. The van der Waals surface area contributed by atoms with Gasteiger partial charge in [-0.25, -0.2) is 0 Å². The first-order valence-corrected chi connectivity index (χ1v) is 5.99. The van der Waals surface area contributed by atoms with E-state index in [0.29, 0.717) is 6.42 Å². The number of halogens is 1. The van der Waals surface area contributed by atoms with Gasteiger partial charge in [0.1, 0.15) is 0 Å². The molecular weight excluding hydrogens is 270 g/mol. The third-order valence-electron chi connectivity index (χ3n) is 2.59. The fourth-order valence-corrected chi connectivity index (χ4v) is 1.60. The Morgan fingerprint density at radius 1 is 1.44 bits per heavy atom. The van der Waals surface area contributed by atoms with Gasteiger partial charge in [0.25, 0.3) is 0 Å². The molecule has 0 saturated carbocycles. The highest BCUT2D eigenvalue weighted by atomic mass is 79.9. The number of carbonyl (C=O) groups is 1. The van der Waals surface area contributed by atoms with Crippen molar-refractivity contribution in [2.24, 2.45) is 5.92 Å². The summed E-state index contributed by atoms with van der Waals surface area (Å²) in [6, 6.07) is 7.98. The summed E-state index contributed by atoms with van der Waals surface area (Å²) in [6.45, 7) is 2.48. The van der Waals surface area contributed by atoms with E-state index in [1.807, 2.05) is 31.3 Å². The average molecular weight is 286 g/mol. The third-order valence-corrected chi connectivity index (χ3v) is 3.12. The maximum Gasteiger partial charge on any atom is 0.306 e. The predicted molar refractivity (Wildman–Crippen MR) is 68.8 cm³/mol. The van der Waals surface area contributed by atoms with E-state index in [2.05, 4.69) is 20.8 Å². The highest BCUT2D eigenvalue weighted by Gasteiger charge is 2.11. The lowest BCUT2D eigenvalue weighted by atomic mass is 10.1. The molecule has 0 aliphatic carbocycles. The van der Waals surface area contributed by atoms with Crippen LogP contribution >= 0.6 is 15.9 Å². The van der Waals surface area contributed by atoms with Crippen LogP contribution in [0.15, 0.2) is 28.7 Å². The number of hydrogen-bond acceptors (Lipinski definition) is 2. The second-order valence-electron chi connectivity index (χ2n) is 3.93. The van der Waals surface area contributed by atoms with Crippen LogP contribution in [-0.4, -0.2) is 24.7 Å². The number of aliphatic carboxylic acids is 1. The molecule has 0 bridgehead atoms. The average Bonchev–Trinajstić information content (AvgIpc) is 2.26. The summed E-state index contributed by atoms with van der Waals surface area (Å²) in [6.07, 6.45) is 0.655. The van der Waals surface area contributed by atoms with Crippen LogP contribution in [0.1, 0.15) is 13.3 Å². The molecule has 1 aromatic carbocycles. The zero-order valence-corrected chi connectivity index (χ0v) is 11.1. The van der Waals surface area contributed by atoms with E-state index in [0.717, 1.165) is 16.7 Å². The van der Waals surface area contributed by atoms with Gasteiger partial charge in [0.2, 0.25) is 0 Å². The van der Waals surface area contributed by atoms with Gasteiger partial charge in [-0.3, -0.25) is 4.79 Å². The zero-order valence-electron chi connectivity index (χ0n) is 9.48. The minimum atomic E-state index is -0.732. The van der Waals surface area contributed by atoms with E-state index >= 15 is 0 Å². The maximum absolute atomic E-state index is 10.7. The largest absolute Gasteiger partial charge is 0.481 e. The lowest BCUT2D eigenvalue weighted by Crippen LogP contribution is -2.22. The Bertz CT molecular complexity index is 351. The normalized spacial score (nSPS) is 12.2. The molecule has 4 heteroatoms. The summed E-state index contributed by atoms with van der Waals surface area (Å²) in [5.74, 6) is -1.03. The van der Waals surface area contributed by atoms with Crippen molar-refractivity contribution in [3.8, 4) is 0 Å². The minimum Gasteiger partial charge on any atom is -0.481 e. The van der Waals surface area contributed by atoms with Crippen LogP contribution in [0, 0.1) is 5.92 Å². The highest BCUT2D eigenvalue weighted by molar-refractivity contribution is 9.10. The predicted octanol–water partition coefficient (Wildman–Crippen LogP) is 3.00. The second kappa shape index (κ2) is 5.89. The number of benzene rings is 1. The molecule has 16 heavy (non-hydrogen) atoms. The number of hydrogen-bond donors (Lipinski definition) is 1. The first kappa shape index (κ1) is 13.0. The van der Waals surface area contributed by atoms with Crippen molar-refractivity contribution in [2.45, 2.75) is 13.3 Å². The Balaban J connectivity index is 2.49. The molecule has 1 unspecified atom stereocenters. The minimum absolute atomic E-state index is 0.294. The highest BCUT2D eigenvalue weighted by Crippen LogP contribution is 2.18. The van der Waals surface area contributed by atoms with Gasteiger partial charge in [-0.1, -0.05) is 22.9 Å². The van der Waals surface area contributed by atoms with Gasteiger partial charge in [-0.15, -0.1) is 0 Å². The van der Waals surface area contributed by atoms with Gasteiger partial charge in [0.15, 0.2) is 0 Å². The van der Waals surface area contributed by atoms with E-state index < -0.39 is 5.97 Å². The Labute approximate surface area is 104 Å². The third kappa shape index (κ3) is 3.85. The van der Waals surface area contributed by atoms with Gasteiger partial charge in [-0.05, 0) is 30.7 Å². The van der Waals surface area contributed by atoms with Crippen LogP contribution in [0.25, 0.3) is 0 Å². The molecule has 0 aliphatic heterocycles. The van der Waals surface area contributed by atoms with Crippen LogP contribution in [0.4, 0.5) is 5.69 Å². The SMILES string of the molecule is CC(CCN(C)c1ccc(Br)cc1)C(=O)O. The quantitative estimate of drug-likeness (QED) is 0.904. The molecule has 1 atom stereocenters. The van der Waals surface area contributed by atoms with Crippen LogP contribution in [-0.2, 0) is 4.79 Å². The van der Waals surface area contributed by atoms with Crippen molar-refractivity contribution in [3.05, 3.63) is 28.7 Å². The van der Waals surface area contributed by atoms with E-state index in [1.165, 1.54) is 0 Å². The molecular formula is C12H16BrNO2. The van der Waals surface area contributed by atoms with Crippen molar-refractivity contribution in [1.29, 1.82) is 0 Å². The molecule has 0 saturated heterocycles. The smallest absolute Gasteiger partial charge is 0.306 e. The summed E-state index contributed by atoms with van der Waals surface area (Å²) < 4.78 is 1.04. The fraction of sp³-hybridized carbons (Fsp3) is 0.417. The standard InChI is InChI=1S/C12H16BrNO2/c1-9(12(15)16)7-8-14(2)11-5-3-10(13)4-6-11/h3-6,9H,7-8H2,1-2H3,(H,15,16). The molecule has 0 aliphatic rings. The maximum atomic E-state index is 10.7. The first-order chi connectivity index (χ1) is 7.50. The summed E-state index contributed by atoms with van der Waals surface area (Å²) >= 11 is 3.38. The van der Waals surface area contributed by atoms with Crippen molar-refractivity contribution in [2.75, 3.05) is 18.5 Å². The zero-order chi connectivity index (χ0) is 12.1. The van der Waals surface area contributed by atoms with Crippen LogP contribution in [0.5, 0.6) is 0 Å². The van der Waals surface area contributed by atoms with Crippen LogP contribution in [0.3, 0.4) is 0 Å². The van der Waals surface area contributed by atoms with E-state index in [1.54, 1.807) is 6.92 Å². The summed E-state index contributed by atoms with van der Waals surface area (Å²) in [5.41, 5.74) is 1.10. The molecule has 0 radical (unpaired) electrons. The fourth-order valence-electron chi connectivity index (χ4n) is 1.34. The first-order valence-electron chi connectivity index (χ1n) is 5.20. The van der Waals surface area contributed by atoms with Crippen LogP contribution in [0.2, 0.25) is 0 Å². The number of carboxylic acids is 1. The molecule has 0 fully saturated rings. The molecule has 1 rings (SSSR count). The van der Waals surface area contributed by atoms with E-state index in [4.69, 9.17) is 5.11 Å². The monoisotopic (exact) mass is 285 g/mol. The number of anilines is 1. The van der Waals surface area contributed by atoms with Crippen molar-refractivity contribution < 1.29 is 9.90 Å². The molecule has 0 spiro atoms. The van der Waals surface area contributed by atoms with Crippen molar-refractivity contribution >= 4 is 27.6 Å². The number of nitrogens with zero attached hydrogens (tertiary/aromatic N) is 1. The lowest BCUT2D eigenvalue weighted by Gasteiger charge is -2.20. The van der Waals surface area contributed by atoms with E-state index in [9.17, 15) is 4.79 Å². The topological polar surface area (TPSA) is 40.5 Å². The van der Waals surface area contributed by atoms with Crippen molar-refractivity contribution in [1.82, 2.24) is 0 Å². The molecule has 0 amide bonds. The molecule has 1 aromatic rings. The lowest BCUT2D eigenvalue weighted by molar-refractivity contribution is -0.141. The molecule has 0 aromatic heterocycles. The number of rotatable bonds is 5. The van der Waals surface area contributed by atoms with Crippen molar-refractivity contribution in [3.63, 3.8) is 0 Å². The molecule has 1 N–H and O–H groups in total. The Kier molecular flexibility index (Phi) is 4.80. The summed E-state index contributed by atoms with van der Waals surface area (Å²) in [7, 11) is 1.97. The Hall–Kier alpha value is -1.03. The second-order valence-corrected chi connectivity index (χ2v) is 4.84. The molecule has 88 valence electrons. The number of carboxylic acid groups (broad SMARTS) is 1. The Morgan fingerprint density at radius 3 is 2.50 bits per heavy atom. The van der Waals surface area contributed by atoms with Gasteiger partial charge >= 0.3 is 5.97 Å². The van der Waals surface area contributed by atoms with Gasteiger partial charge in [-0.2, -0.15) is 0 Å². The van der Waals surface area contributed by atoms with Gasteiger partial charge in [0.05, 0.1) is 5.92 Å². The summed E-state index contributed by atoms with van der Waals surface area (Å²) in [4.78, 5) is 12.7. The van der Waals surface area contributed by atoms with Gasteiger partial charge < -0.3 is 10.0 Å². The van der Waals surface area contributed by atoms with E-state index in [-0.39, 0.29) is 5.92 Å². The van der Waals surface area contributed by atoms with Crippen LogP contribution < -0.4 is 4.90 Å². The molecule has 0 heterocycles. The van der Waals surface area contributed by atoms with Gasteiger partial charge in [0, 0.05) is 23.8 Å². The summed E-state index contributed by atoms with van der Waals surface area (Å²) in [5, 5.41) is 8.78. The Morgan fingerprint density at radius 2 is 2.00 bits per heavy atom.